The van der Waals surface area contributed by atoms with Gasteiger partial charge < -0.3 is 5.32 Å². The molecule has 1 aliphatic rings. The van der Waals surface area contributed by atoms with E-state index in [9.17, 15) is 0 Å². The lowest BCUT2D eigenvalue weighted by Crippen LogP contribution is -2.58. The van der Waals surface area contributed by atoms with E-state index < -0.39 is 0 Å². The molecule has 108 valence electrons. The van der Waals surface area contributed by atoms with Crippen LogP contribution < -0.4 is 5.32 Å². The van der Waals surface area contributed by atoms with Gasteiger partial charge in [0, 0.05) is 44.1 Å². The molecule has 1 aromatic heterocycles. The van der Waals surface area contributed by atoms with Gasteiger partial charge in [0.15, 0.2) is 0 Å². The third-order valence-electron chi connectivity index (χ3n) is 4.12. The second kappa shape index (κ2) is 7.06. The van der Waals surface area contributed by atoms with Gasteiger partial charge in [-0.2, -0.15) is 5.10 Å². The Kier molecular flexibility index (Phi) is 5.40. The number of nitrogens with one attached hydrogen (secondary N) is 1. The molecule has 1 aromatic rings. The van der Waals surface area contributed by atoms with E-state index in [1.54, 1.807) is 0 Å². The van der Waals surface area contributed by atoms with Gasteiger partial charge in [-0.05, 0) is 18.4 Å². The monoisotopic (exact) mass is 264 g/mol. The lowest BCUT2D eigenvalue weighted by molar-refractivity contribution is 0.0908. The quantitative estimate of drug-likeness (QED) is 0.853. The third kappa shape index (κ3) is 4.05. The van der Waals surface area contributed by atoms with Crippen LogP contribution in [0.2, 0.25) is 0 Å². The summed E-state index contributed by atoms with van der Waals surface area (Å²) in [4.78, 5) is 2.66. The van der Waals surface area contributed by atoms with Crippen LogP contribution in [-0.4, -0.2) is 46.4 Å². The van der Waals surface area contributed by atoms with Gasteiger partial charge in [-0.25, -0.2) is 0 Å². The molecule has 0 spiro atoms. The minimum atomic E-state index is 0.656. The van der Waals surface area contributed by atoms with Crippen LogP contribution in [0.15, 0.2) is 18.5 Å². The first-order valence-electron chi connectivity index (χ1n) is 7.65. The van der Waals surface area contributed by atoms with Gasteiger partial charge in [-0.3, -0.25) is 9.58 Å². The van der Waals surface area contributed by atoms with Gasteiger partial charge in [-0.15, -0.1) is 0 Å². The predicted molar refractivity (Wildman–Crippen MR) is 79.1 cm³/mol. The zero-order chi connectivity index (χ0) is 13.7. The molecule has 2 heterocycles. The largest absolute Gasteiger partial charge is 0.311 e. The lowest BCUT2D eigenvalue weighted by Gasteiger charge is -2.42. The first kappa shape index (κ1) is 14.5. The third-order valence-corrected chi connectivity index (χ3v) is 4.12. The standard InChI is InChI=1S/C15H28N4/c1-4-6-14-12-18(15(11-16-14)13(2)3)9-10-19-8-5-7-17-19/h5,7-8,13-16H,4,6,9-12H2,1-3H3. The molecule has 0 saturated carbocycles. The van der Waals surface area contributed by atoms with Crippen LogP contribution in [0.4, 0.5) is 0 Å². The van der Waals surface area contributed by atoms with Crippen molar-refractivity contribution in [2.24, 2.45) is 5.92 Å². The Hall–Kier alpha value is -0.870. The van der Waals surface area contributed by atoms with Crippen molar-refractivity contribution in [3.63, 3.8) is 0 Å². The van der Waals surface area contributed by atoms with E-state index in [1.165, 1.54) is 19.4 Å². The van der Waals surface area contributed by atoms with E-state index in [0.717, 1.165) is 19.6 Å². The molecule has 1 N–H and O–H groups in total. The number of hydrogen-bond donors (Lipinski definition) is 1. The molecule has 0 aromatic carbocycles. The Balaban J connectivity index is 1.91. The molecule has 1 fully saturated rings. The van der Waals surface area contributed by atoms with Gasteiger partial charge in [-0.1, -0.05) is 27.2 Å². The zero-order valence-electron chi connectivity index (χ0n) is 12.5. The minimum absolute atomic E-state index is 0.656. The second-order valence-electron chi connectivity index (χ2n) is 5.97. The van der Waals surface area contributed by atoms with Crippen LogP contribution in [0.5, 0.6) is 0 Å². The number of piperazine rings is 1. The summed E-state index contributed by atoms with van der Waals surface area (Å²) in [6.07, 6.45) is 6.45. The molecule has 4 nitrogen and oxygen atoms in total. The van der Waals surface area contributed by atoms with Crippen LogP contribution in [0, 0.1) is 5.92 Å². The Morgan fingerprint density at radius 1 is 1.37 bits per heavy atom. The summed E-state index contributed by atoms with van der Waals surface area (Å²) in [5.74, 6) is 0.702. The van der Waals surface area contributed by atoms with Crippen molar-refractivity contribution in [1.29, 1.82) is 0 Å². The van der Waals surface area contributed by atoms with Gasteiger partial charge in [0.25, 0.3) is 0 Å². The Morgan fingerprint density at radius 2 is 2.21 bits per heavy atom. The summed E-state index contributed by atoms with van der Waals surface area (Å²) < 4.78 is 2.04. The SMILES string of the molecule is CCCC1CN(CCn2cccn2)C(C(C)C)CN1. The van der Waals surface area contributed by atoms with E-state index >= 15 is 0 Å². The van der Waals surface area contributed by atoms with Gasteiger partial charge >= 0.3 is 0 Å². The summed E-state index contributed by atoms with van der Waals surface area (Å²) in [7, 11) is 0. The molecule has 1 saturated heterocycles. The summed E-state index contributed by atoms with van der Waals surface area (Å²) >= 11 is 0. The van der Waals surface area contributed by atoms with Gasteiger partial charge in [0.2, 0.25) is 0 Å². The zero-order valence-corrected chi connectivity index (χ0v) is 12.5. The highest BCUT2D eigenvalue weighted by Crippen LogP contribution is 2.17. The highest BCUT2D eigenvalue weighted by atomic mass is 15.3. The Morgan fingerprint density at radius 3 is 2.84 bits per heavy atom. The van der Waals surface area contributed by atoms with E-state index in [1.807, 2.05) is 16.9 Å². The lowest BCUT2D eigenvalue weighted by atomic mass is 9.97. The topological polar surface area (TPSA) is 33.1 Å². The van der Waals surface area contributed by atoms with E-state index in [-0.39, 0.29) is 0 Å². The maximum absolute atomic E-state index is 4.30. The normalized spacial score (nSPS) is 25.1. The second-order valence-corrected chi connectivity index (χ2v) is 5.97. The first-order chi connectivity index (χ1) is 9.20. The van der Waals surface area contributed by atoms with Crippen LogP contribution >= 0.6 is 0 Å². The average Bonchev–Trinajstić information content (AvgIpc) is 2.89. The molecular weight excluding hydrogens is 236 g/mol. The fourth-order valence-corrected chi connectivity index (χ4v) is 3.02. The van der Waals surface area contributed by atoms with Crippen LogP contribution in [0.3, 0.4) is 0 Å². The molecule has 1 aliphatic heterocycles. The molecule has 0 bridgehead atoms. The molecule has 2 atom stereocenters. The minimum Gasteiger partial charge on any atom is -0.311 e. The number of rotatable bonds is 6. The highest BCUT2D eigenvalue weighted by molar-refractivity contribution is 4.88. The fraction of sp³-hybridized carbons (Fsp3) is 0.800. The molecule has 2 rings (SSSR count). The van der Waals surface area contributed by atoms with Crippen LogP contribution in [-0.2, 0) is 6.54 Å². The summed E-state index contributed by atoms with van der Waals surface area (Å²) in [5, 5.41) is 8.01. The van der Waals surface area contributed by atoms with Crippen molar-refractivity contribution >= 4 is 0 Å². The number of hydrogen-bond acceptors (Lipinski definition) is 3. The Bertz CT molecular complexity index is 347. The average molecular weight is 264 g/mol. The van der Waals surface area contributed by atoms with Crippen molar-refractivity contribution in [3.05, 3.63) is 18.5 Å². The Labute approximate surface area is 117 Å². The van der Waals surface area contributed by atoms with Crippen molar-refractivity contribution in [1.82, 2.24) is 20.0 Å². The maximum Gasteiger partial charge on any atom is 0.0536 e. The predicted octanol–water partition coefficient (Wildman–Crippen LogP) is 1.98. The molecule has 0 amide bonds. The molecular formula is C15H28N4. The maximum atomic E-state index is 4.30. The summed E-state index contributed by atoms with van der Waals surface area (Å²) in [5.41, 5.74) is 0. The highest BCUT2D eigenvalue weighted by Gasteiger charge is 2.28. The molecule has 2 unspecified atom stereocenters. The molecule has 0 radical (unpaired) electrons. The number of aromatic nitrogens is 2. The van der Waals surface area contributed by atoms with Crippen molar-refractivity contribution in [2.45, 2.75) is 52.2 Å². The van der Waals surface area contributed by atoms with Gasteiger partial charge in [0.05, 0.1) is 6.54 Å². The van der Waals surface area contributed by atoms with Crippen molar-refractivity contribution in [3.8, 4) is 0 Å². The van der Waals surface area contributed by atoms with E-state index in [0.29, 0.717) is 18.0 Å². The number of nitrogens with zero attached hydrogens (tertiary/aromatic N) is 3. The fourth-order valence-electron chi connectivity index (χ4n) is 3.02. The smallest absolute Gasteiger partial charge is 0.0536 e. The summed E-state index contributed by atoms with van der Waals surface area (Å²) in [6.45, 7) is 11.3. The van der Waals surface area contributed by atoms with Crippen molar-refractivity contribution < 1.29 is 0 Å². The molecule has 19 heavy (non-hydrogen) atoms. The van der Waals surface area contributed by atoms with Crippen LogP contribution in [0.1, 0.15) is 33.6 Å². The van der Waals surface area contributed by atoms with Gasteiger partial charge in [0.1, 0.15) is 0 Å². The molecule has 0 aliphatic carbocycles. The van der Waals surface area contributed by atoms with Crippen LogP contribution in [0.25, 0.3) is 0 Å². The summed E-state index contributed by atoms with van der Waals surface area (Å²) in [6, 6.07) is 3.32. The van der Waals surface area contributed by atoms with Crippen molar-refractivity contribution in [2.75, 3.05) is 19.6 Å². The van der Waals surface area contributed by atoms with E-state index in [2.05, 4.69) is 42.3 Å². The first-order valence-corrected chi connectivity index (χ1v) is 7.65. The van der Waals surface area contributed by atoms with E-state index in [4.69, 9.17) is 0 Å². The molecule has 4 heteroatoms.